The molecule has 1 aromatic heterocycles. The van der Waals surface area contributed by atoms with Gasteiger partial charge in [-0.05, 0) is 79.4 Å². The van der Waals surface area contributed by atoms with Crippen LogP contribution in [0.3, 0.4) is 0 Å². The van der Waals surface area contributed by atoms with E-state index in [1.165, 1.54) is 0 Å². The summed E-state index contributed by atoms with van der Waals surface area (Å²) in [6, 6.07) is 4.77. The molecule has 1 N–H and O–H groups in total. The largest absolute Gasteiger partial charge is 0.458 e. The van der Waals surface area contributed by atoms with E-state index in [-0.39, 0.29) is 36.8 Å². The Bertz CT molecular complexity index is 1120. The standard InChI is InChI=1S/C33H52N6O6/c1-32(2,3)44-30(42)26-12-8-16-38(26)28(40)22-36-18-14-34-15-19-37(21-25-11-7-10-24(20-36)35-25)23-29(41)39-17-9-13-27(39)31(43)45-33(4,5)6/h7,10-11,26-27,34H,8-9,12-23H2,1-6H3. The summed E-state index contributed by atoms with van der Waals surface area (Å²) in [5, 5.41) is 3.46. The fourth-order valence-corrected chi connectivity index (χ4v) is 6.12. The molecule has 12 nitrogen and oxygen atoms in total. The van der Waals surface area contributed by atoms with Gasteiger partial charge in [0, 0.05) is 52.4 Å². The molecule has 2 bridgehead atoms. The average molecular weight is 629 g/mol. The Hall–Kier alpha value is -3.09. The Labute approximate surface area is 267 Å². The van der Waals surface area contributed by atoms with Gasteiger partial charge in [-0.25, -0.2) is 9.59 Å². The molecular weight excluding hydrogens is 576 g/mol. The van der Waals surface area contributed by atoms with Gasteiger partial charge in [-0.2, -0.15) is 0 Å². The molecule has 0 saturated carbocycles. The number of hydrogen-bond donors (Lipinski definition) is 1. The lowest BCUT2D eigenvalue weighted by Crippen LogP contribution is -2.49. The molecule has 45 heavy (non-hydrogen) atoms. The number of likely N-dealkylation sites (tertiary alicyclic amines) is 2. The topological polar surface area (TPSA) is 125 Å². The molecule has 2 fully saturated rings. The Morgan fingerprint density at radius 1 is 0.733 bits per heavy atom. The van der Waals surface area contributed by atoms with Crippen molar-refractivity contribution in [3.8, 4) is 0 Å². The summed E-state index contributed by atoms with van der Waals surface area (Å²) >= 11 is 0. The summed E-state index contributed by atoms with van der Waals surface area (Å²) in [6.07, 6.45) is 2.78. The van der Waals surface area contributed by atoms with Crippen LogP contribution in [0.5, 0.6) is 0 Å². The fourth-order valence-electron chi connectivity index (χ4n) is 6.12. The molecular formula is C33H52N6O6. The first-order valence-electron chi connectivity index (χ1n) is 16.3. The number of ether oxygens (including phenoxy) is 2. The first-order chi connectivity index (χ1) is 21.2. The lowest BCUT2D eigenvalue weighted by Gasteiger charge is -2.31. The minimum Gasteiger partial charge on any atom is -0.458 e. The summed E-state index contributed by atoms with van der Waals surface area (Å²) < 4.78 is 11.2. The van der Waals surface area contributed by atoms with Crippen molar-refractivity contribution in [1.82, 2.24) is 29.9 Å². The maximum atomic E-state index is 13.4. The van der Waals surface area contributed by atoms with Crippen LogP contribution in [0.2, 0.25) is 0 Å². The van der Waals surface area contributed by atoms with Crippen LogP contribution in [-0.4, -0.2) is 124 Å². The van der Waals surface area contributed by atoms with E-state index >= 15 is 0 Å². The first kappa shape index (κ1) is 34.8. The summed E-state index contributed by atoms with van der Waals surface area (Å²) in [7, 11) is 0. The second-order valence-corrected chi connectivity index (χ2v) is 14.3. The Morgan fingerprint density at radius 2 is 1.16 bits per heavy atom. The van der Waals surface area contributed by atoms with Gasteiger partial charge in [0.15, 0.2) is 0 Å². The number of nitrogens with zero attached hydrogens (tertiary/aromatic N) is 5. The van der Waals surface area contributed by atoms with Crippen molar-refractivity contribution in [2.45, 2.75) is 104 Å². The number of hydrogen-bond acceptors (Lipinski definition) is 10. The number of aromatic nitrogens is 1. The number of nitrogens with one attached hydrogen (secondary N) is 1. The Kier molecular flexibility index (Phi) is 11.6. The smallest absolute Gasteiger partial charge is 0.329 e. The van der Waals surface area contributed by atoms with E-state index in [2.05, 4.69) is 15.1 Å². The van der Waals surface area contributed by atoms with Crippen molar-refractivity contribution >= 4 is 23.8 Å². The zero-order chi connectivity index (χ0) is 32.8. The van der Waals surface area contributed by atoms with Crippen LogP contribution in [0.1, 0.15) is 78.6 Å². The number of carbonyl (C=O) groups is 4. The molecule has 4 rings (SSSR count). The highest BCUT2D eigenvalue weighted by Crippen LogP contribution is 2.23. The summed E-state index contributed by atoms with van der Waals surface area (Å²) in [5.74, 6) is -0.844. The number of esters is 2. The normalized spacial score (nSPS) is 22.4. The molecule has 0 spiro atoms. The third-order valence-electron chi connectivity index (χ3n) is 8.07. The van der Waals surface area contributed by atoms with Crippen molar-refractivity contribution in [1.29, 1.82) is 0 Å². The van der Waals surface area contributed by atoms with Crippen molar-refractivity contribution in [2.75, 3.05) is 52.4 Å². The average Bonchev–Trinajstić information content (AvgIpc) is 3.61. The van der Waals surface area contributed by atoms with Crippen LogP contribution < -0.4 is 5.32 Å². The van der Waals surface area contributed by atoms with Gasteiger partial charge in [0.2, 0.25) is 11.8 Å². The van der Waals surface area contributed by atoms with Crippen LogP contribution in [0.25, 0.3) is 0 Å². The molecule has 2 atom stereocenters. The minimum absolute atomic E-state index is 0.0807. The molecule has 2 saturated heterocycles. The van der Waals surface area contributed by atoms with E-state index in [4.69, 9.17) is 14.5 Å². The predicted molar refractivity (Wildman–Crippen MR) is 169 cm³/mol. The molecule has 4 heterocycles. The number of rotatable bonds is 6. The molecule has 12 heteroatoms. The highest BCUT2D eigenvalue weighted by atomic mass is 16.6. The molecule has 2 amide bonds. The first-order valence-corrected chi connectivity index (χ1v) is 16.3. The fraction of sp³-hybridized carbons (Fsp3) is 0.727. The van der Waals surface area contributed by atoms with Gasteiger partial charge in [-0.3, -0.25) is 24.4 Å². The van der Waals surface area contributed by atoms with Gasteiger partial charge in [-0.15, -0.1) is 0 Å². The monoisotopic (exact) mass is 628 g/mol. The lowest BCUT2D eigenvalue weighted by molar-refractivity contribution is -0.163. The predicted octanol–water partition coefficient (Wildman–Crippen LogP) is 1.95. The van der Waals surface area contributed by atoms with Crippen molar-refractivity contribution < 1.29 is 28.7 Å². The highest BCUT2D eigenvalue weighted by molar-refractivity contribution is 5.87. The quantitative estimate of drug-likeness (QED) is 0.468. The summed E-state index contributed by atoms with van der Waals surface area (Å²) in [5.41, 5.74) is 0.462. The van der Waals surface area contributed by atoms with Gasteiger partial charge in [0.05, 0.1) is 24.5 Å². The maximum Gasteiger partial charge on any atom is 0.329 e. The van der Waals surface area contributed by atoms with Gasteiger partial charge < -0.3 is 24.6 Å². The van der Waals surface area contributed by atoms with Crippen LogP contribution in [0.15, 0.2) is 18.2 Å². The third kappa shape index (κ3) is 10.5. The van der Waals surface area contributed by atoms with Crippen LogP contribution in [0, 0.1) is 0 Å². The maximum absolute atomic E-state index is 13.4. The Balaban J connectivity index is 1.39. The number of pyridine rings is 1. The number of amides is 2. The molecule has 0 aromatic carbocycles. The second-order valence-electron chi connectivity index (χ2n) is 14.3. The molecule has 250 valence electrons. The molecule has 0 aliphatic carbocycles. The van der Waals surface area contributed by atoms with Crippen molar-refractivity contribution in [3.63, 3.8) is 0 Å². The van der Waals surface area contributed by atoms with E-state index < -0.39 is 23.3 Å². The summed E-state index contributed by atoms with van der Waals surface area (Å²) in [4.78, 5) is 64.9. The number of fused-ring (bicyclic) bond motifs is 2. The second kappa shape index (κ2) is 15.0. The van der Waals surface area contributed by atoms with Crippen LogP contribution >= 0.6 is 0 Å². The van der Waals surface area contributed by atoms with Crippen molar-refractivity contribution in [2.24, 2.45) is 0 Å². The van der Waals surface area contributed by atoms with E-state index in [1.807, 2.05) is 59.7 Å². The zero-order valence-corrected chi connectivity index (χ0v) is 28.0. The van der Waals surface area contributed by atoms with E-state index in [0.717, 1.165) is 24.2 Å². The van der Waals surface area contributed by atoms with Gasteiger partial charge >= 0.3 is 11.9 Å². The SMILES string of the molecule is CC(C)(C)OC(=O)C1CCCN1C(=O)CN1CCNCCN(CC(=O)N2CCCC2C(=O)OC(C)(C)C)Cc2cccc(n2)C1. The lowest BCUT2D eigenvalue weighted by atomic mass is 10.1. The minimum atomic E-state index is -0.604. The van der Waals surface area contributed by atoms with Gasteiger partial charge in [0.25, 0.3) is 0 Å². The molecule has 3 aliphatic heterocycles. The molecule has 1 aromatic rings. The zero-order valence-electron chi connectivity index (χ0n) is 28.0. The van der Waals surface area contributed by atoms with E-state index in [1.54, 1.807) is 9.80 Å². The van der Waals surface area contributed by atoms with Crippen LogP contribution in [-0.2, 0) is 41.7 Å². The van der Waals surface area contributed by atoms with E-state index in [9.17, 15) is 19.2 Å². The molecule has 3 aliphatic rings. The van der Waals surface area contributed by atoms with E-state index in [0.29, 0.717) is 65.2 Å². The van der Waals surface area contributed by atoms with Crippen molar-refractivity contribution in [3.05, 3.63) is 29.6 Å². The molecule has 0 radical (unpaired) electrons. The highest BCUT2D eigenvalue weighted by Gasteiger charge is 2.38. The van der Waals surface area contributed by atoms with Crippen LogP contribution in [0.4, 0.5) is 0 Å². The number of carbonyl (C=O) groups excluding carboxylic acids is 4. The van der Waals surface area contributed by atoms with Gasteiger partial charge in [-0.1, -0.05) is 6.07 Å². The third-order valence-corrected chi connectivity index (χ3v) is 8.07. The summed E-state index contributed by atoms with van der Waals surface area (Å²) in [6.45, 7) is 16.0. The van der Waals surface area contributed by atoms with Gasteiger partial charge in [0.1, 0.15) is 23.3 Å². The molecule has 2 unspecified atom stereocenters. The Morgan fingerprint density at radius 3 is 1.56 bits per heavy atom.